The summed E-state index contributed by atoms with van der Waals surface area (Å²) in [6.45, 7) is 6.25. The molecule has 160 valence electrons. The normalized spacial score (nSPS) is 20.7. The summed E-state index contributed by atoms with van der Waals surface area (Å²) in [6.07, 6.45) is 6.30. The molecule has 0 amide bonds. The lowest BCUT2D eigenvalue weighted by Gasteiger charge is -2.40. The molecule has 2 aliphatic rings. The summed E-state index contributed by atoms with van der Waals surface area (Å²) in [4.78, 5) is 18.9. The smallest absolute Gasteiger partial charge is 0.229 e. The van der Waals surface area contributed by atoms with Gasteiger partial charge in [0.25, 0.3) is 0 Å². The molecule has 0 aliphatic carbocycles. The van der Waals surface area contributed by atoms with E-state index in [1.54, 1.807) is 0 Å². The minimum Gasteiger partial charge on any atom is -0.353 e. The molecule has 5 rings (SSSR count). The first-order valence-corrected chi connectivity index (χ1v) is 10.9. The lowest BCUT2D eigenvalue weighted by Crippen LogP contribution is -2.52. The third kappa shape index (κ3) is 4.05. The maximum atomic E-state index is 4.80. The number of fused-ring (bicyclic) bond motifs is 2. The number of anilines is 5. The van der Waals surface area contributed by atoms with E-state index in [-0.39, 0.29) is 0 Å². The fraction of sp³-hybridized carbons (Fsp3) is 0.375. The predicted molar refractivity (Wildman–Crippen MR) is 126 cm³/mol. The van der Waals surface area contributed by atoms with Crippen molar-refractivity contribution < 1.29 is 0 Å². The molecule has 2 atom stereocenters. The Hall–Kier alpha value is -3.19. The number of pyridine rings is 1. The molecule has 31 heavy (non-hydrogen) atoms. The van der Waals surface area contributed by atoms with Crippen LogP contribution in [0.25, 0.3) is 0 Å². The van der Waals surface area contributed by atoms with Gasteiger partial charge in [-0.1, -0.05) is 18.2 Å². The highest BCUT2D eigenvalue weighted by Gasteiger charge is 2.38. The number of benzene rings is 1. The fourth-order valence-electron chi connectivity index (χ4n) is 4.67. The molecule has 2 bridgehead atoms. The molecule has 1 aromatic carbocycles. The number of aryl methyl sites for hydroxylation is 2. The van der Waals surface area contributed by atoms with E-state index in [0.717, 1.165) is 41.7 Å². The molecule has 0 radical (unpaired) electrons. The van der Waals surface area contributed by atoms with E-state index in [1.807, 2.05) is 49.6 Å². The standard InChI is InChI=1S/C24H29N7/c1-16-11-19(13-25-23(16)31-14-20-9-10-21(15-31)30(20)3)28-24-26-12-17(2)22(29-24)27-18-7-5-4-6-8-18/h4-8,11-13,20-21H,9-10,14-15H2,1-3H3,(H2,26,27,28,29). The molecule has 2 fully saturated rings. The van der Waals surface area contributed by atoms with Gasteiger partial charge in [-0.05, 0) is 57.5 Å². The molecule has 2 N–H and O–H groups in total. The Morgan fingerprint density at radius 1 is 0.871 bits per heavy atom. The molecule has 2 aromatic heterocycles. The van der Waals surface area contributed by atoms with Gasteiger partial charge in [0.15, 0.2) is 0 Å². The van der Waals surface area contributed by atoms with Crippen molar-refractivity contribution in [1.29, 1.82) is 0 Å². The van der Waals surface area contributed by atoms with Crippen molar-refractivity contribution in [2.24, 2.45) is 0 Å². The van der Waals surface area contributed by atoms with E-state index in [9.17, 15) is 0 Å². The Bertz CT molecular complexity index is 1050. The second-order valence-corrected chi connectivity index (χ2v) is 8.66. The van der Waals surface area contributed by atoms with Gasteiger partial charge in [-0.25, -0.2) is 9.97 Å². The third-order valence-electron chi connectivity index (χ3n) is 6.46. The SMILES string of the molecule is Cc1cnc(Nc2cnc(N3CC4CCC(C3)N4C)c(C)c2)nc1Nc1ccccc1. The molecule has 2 unspecified atom stereocenters. The van der Waals surface area contributed by atoms with Crippen LogP contribution in [0.5, 0.6) is 0 Å². The average molecular weight is 416 g/mol. The van der Waals surface area contributed by atoms with E-state index in [4.69, 9.17) is 4.98 Å². The number of aromatic nitrogens is 3. The molecule has 3 aromatic rings. The van der Waals surface area contributed by atoms with Crippen molar-refractivity contribution in [3.05, 3.63) is 59.9 Å². The third-order valence-corrected chi connectivity index (χ3v) is 6.46. The van der Waals surface area contributed by atoms with Crippen LogP contribution >= 0.6 is 0 Å². The summed E-state index contributed by atoms with van der Waals surface area (Å²) in [6, 6.07) is 13.5. The highest BCUT2D eigenvalue weighted by molar-refractivity contribution is 5.63. The van der Waals surface area contributed by atoms with Crippen molar-refractivity contribution in [3.63, 3.8) is 0 Å². The first kappa shape index (κ1) is 19.8. The predicted octanol–water partition coefficient (Wildman–Crippen LogP) is 4.26. The van der Waals surface area contributed by atoms with Gasteiger partial charge in [-0.3, -0.25) is 4.90 Å². The van der Waals surface area contributed by atoms with Crippen LogP contribution < -0.4 is 15.5 Å². The minimum atomic E-state index is 0.552. The topological polar surface area (TPSA) is 69.2 Å². The molecular formula is C24H29N7. The van der Waals surface area contributed by atoms with Gasteiger partial charge in [-0.15, -0.1) is 0 Å². The molecule has 2 saturated heterocycles. The molecule has 4 heterocycles. The average Bonchev–Trinajstić information content (AvgIpc) is 2.97. The summed E-state index contributed by atoms with van der Waals surface area (Å²) < 4.78 is 0. The Morgan fingerprint density at radius 3 is 2.32 bits per heavy atom. The highest BCUT2D eigenvalue weighted by atomic mass is 15.3. The molecule has 0 spiro atoms. The monoisotopic (exact) mass is 415 g/mol. The Balaban J connectivity index is 1.32. The van der Waals surface area contributed by atoms with Gasteiger partial charge < -0.3 is 15.5 Å². The number of likely N-dealkylation sites (N-methyl/N-ethyl adjacent to an activating group) is 1. The maximum Gasteiger partial charge on any atom is 0.229 e. The van der Waals surface area contributed by atoms with Crippen molar-refractivity contribution >= 4 is 29.0 Å². The van der Waals surface area contributed by atoms with Gasteiger partial charge in [0.2, 0.25) is 5.95 Å². The van der Waals surface area contributed by atoms with Crippen molar-refractivity contribution in [1.82, 2.24) is 19.9 Å². The Morgan fingerprint density at radius 2 is 1.61 bits per heavy atom. The first-order chi connectivity index (χ1) is 15.1. The van der Waals surface area contributed by atoms with Gasteiger partial charge in [0.1, 0.15) is 11.6 Å². The molecule has 2 aliphatic heterocycles. The van der Waals surface area contributed by atoms with Crippen molar-refractivity contribution in [2.45, 2.75) is 38.8 Å². The number of hydrogen-bond donors (Lipinski definition) is 2. The van der Waals surface area contributed by atoms with E-state index in [1.165, 1.54) is 18.4 Å². The molecule has 7 heteroatoms. The summed E-state index contributed by atoms with van der Waals surface area (Å²) >= 11 is 0. The number of hydrogen-bond acceptors (Lipinski definition) is 7. The van der Waals surface area contributed by atoms with Crippen LogP contribution in [0.3, 0.4) is 0 Å². The Labute approximate surface area is 183 Å². The number of rotatable bonds is 5. The zero-order valence-corrected chi connectivity index (χ0v) is 18.3. The van der Waals surface area contributed by atoms with Crippen LogP contribution in [0.2, 0.25) is 0 Å². The number of piperazine rings is 1. The largest absolute Gasteiger partial charge is 0.353 e. The van der Waals surface area contributed by atoms with Crippen LogP contribution in [-0.2, 0) is 0 Å². The van der Waals surface area contributed by atoms with Gasteiger partial charge in [-0.2, -0.15) is 4.98 Å². The van der Waals surface area contributed by atoms with E-state index >= 15 is 0 Å². The van der Waals surface area contributed by atoms with Gasteiger partial charge in [0, 0.05) is 42.6 Å². The van der Waals surface area contributed by atoms with E-state index in [0.29, 0.717) is 18.0 Å². The van der Waals surface area contributed by atoms with Gasteiger partial charge in [0.05, 0.1) is 11.9 Å². The van der Waals surface area contributed by atoms with Crippen molar-refractivity contribution in [2.75, 3.05) is 35.7 Å². The van der Waals surface area contributed by atoms with Crippen LogP contribution in [0.4, 0.5) is 29.0 Å². The number of para-hydroxylation sites is 1. The molecular weight excluding hydrogens is 386 g/mol. The quantitative estimate of drug-likeness (QED) is 0.645. The second-order valence-electron chi connectivity index (χ2n) is 8.66. The Kier molecular flexibility index (Phi) is 5.19. The van der Waals surface area contributed by atoms with Crippen LogP contribution in [0.15, 0.2) is 48.8 Å². The lowest BCUT2D eigenvalue weighted by molar-refractivity contribution is 0.212. The van der Waals surface area contributed by atoms with E-state index < -0.39 is 0 Å². The summed E-state index contributed by atoms with van der Waals surface area (Å²) in [5.74, 6) is 2.43. The lowest BCUT2D eigenvalue weighted by atomic mass is 10.1. The zero-order valence-electron chi connectivity index (χ0n) is 18.3. The van der Waals surface area contributed by atoms with Crippen LogP contribution in [-0.4, -0.2) is 52.1 Å². The number of nitrogens with zero attached hydrogens (tertiary/aromatic N) is 5. The maximum absolute atomic E-state index is 4.80. The summed E-state index contributed by atoms with van der Waals surface area (Å²) in [7, 11) is 2.26. The zero-order chi connectivity index (χ0) is 21.4. The number of nitrogens with one attached hydrogen (secondary N) is 2. The second kappa shape index (κ2) is 8.15. The fourth-order valence-corrected chi connectivity index (χ4v) is 4.67. The van der Waals surface area contributed by atoms with Crippen LogP contribution in [0.1, 0.15) is 24.0 Å². The summed E-state index contributed by atoms with van der Waals surface area (Å²) in [5.41, 5.74) is 4.05. The van der Waals surface area contributed by atoms with Crippen LogP contribution in [0, 0.1) is 13.8 Å². The first-order valence-electron chi connectivity index (χ1n) is 10.9. The highest BCUT2D eigenvalue weighted by Crippen LogP contribution is 2.32. The van der Waals surface area contributed by atoms with Crippen molar-refractivity contribution in [3.8, 4) is 0 Å². The minimum absolute atomic E-state index is 0.552. The summed E-state index contributed by atoms with van der Waals surface area (Å²) in [5, 5.41) is 6.68. The molecule has 7 nitrogen and oxygen atoms in total. The van der Waals surface area contributed by atoms with E-state index in [2.05, 4.69) is 50.4 Å². The van der Waals surface area contributed by atoms with Gasteiger partial charge >= 0.3 is 0 Å². The molecule has 0 saturated carbocycles.